The van der Waals surface area contributed by atoms with Crippen LogP contribution in [0.1, 0.15) is 30.1 Å². The zero-order valence-corrected chi connectivity index (χ0v) is 17.6. The van der Waals surface area contributed by atoms with Crippen molar-refractivity contribution in [2.24, 2.45) is 5.92 Å². The van der Waals surface area contributed by atoms with Crippen molar-refractivity contribution in [3.63, 3.8) is 0 Å². The number of aliphatic hydroxyl groups is 1. The topological polar surface area (TPSA) is 54.2 Å². The van der Waals surface area contributed by atoms with E-state index in [0.717, 1.165) is 44.0 Å². The second-order valence-corrected chi connectivity index (χ2v) is 8.17. The summed E-state index contributed by atoms with van der Waals surface area (Å²) in [6.45, 7) is 8.51. The number of likely N-dealkylation sites (tertiary alicyclic amines) is 1. The molecule has 1 N–H and O–H groups in total. The highest BCUT2D eigenvalue weighted by Gasteiger charge is 2.46. The van der Waals surface area contributed by atoms with Gasteiger partial charge in [0.2, 0.25) is 0 Å². The van der Waals surface area contributed by atoms with E-state index in [0.29, 0.717) is 12.2 Å². The van der Waals surface area contributed by atoms with Crippen LogP contribution in [0.3, 0.4) is 0 Å². The van der Waals surface area contributed by atoms with Gasteiger partial charge in [-0.2, -0.15) is 0 Å². The molecule has 5 nitrogen and oxygen atoms in total. The molecule has 0 aliphatic carbocycles. The largest absolute Gasteiger partial charge is 0.381 e. The zero-order valence-electron chi connectivity index (χ0n) is 17.6. The molecule has 0 bridgehead atoms. The van der Waals surface area contributed by atoms with Gasteiger partial charge in [-0.25, -0.2) is 0 Å². The molecule has 4 rings (SSSR count). The lowest BCUT2D eigenvalue weighted by molar-refractivity contribution is -0.0841. The zero-order chi connectivity index (χ0) is 21.0. The fourth-order valence-electron chi connectivity index (χ4n) is 4.52. The van der Waals surface area contributed by atoms with Gasteiger partial charge in [0.25, 0.3) is 0 Å². The highest BCUT2D eigenvalue weighted by Crippen LogP contribution is 2.39. The highest BCUT2D eigenvalue weighted by molar-refractivity contribution is 5.35. The summed E-state index contributed by atoms with van der Waals surface area (Å²) < 4.78 is 2.00. The van der Waals surface area contributed by atoms with E-state index in [4.69, 9.17) is 0 Å². The molecule has 2 unspecified atom stereocenters. The Bertz CT molecular complexity index is 969. The Morgan fingerprint density at radius 1 is 1.10 bits per heavy atom. The first-order chi connectivity index (χ1) is 14.6. The first-order valence-electron chi connectivity index (χ1n) is 10.7. The van der Waals surface area contributed by atoms with Crippen LogP contribution in [0.2, 0.25) is 0 Å². The summed E-state index contributed by atoms with van der Waals surface area (Å²) in [4.78, 5) is 2.45. The number of aromatic nitrogens is 3. The van der Waals surface area contributed by atoms with Crippen molar-refractivity contribution < 1.29 is 5.11 Å². The monoisotopic (exact) mass is 402 g/mol. The van der Waals surface area contributed by atoms with Gasteiger partial charge in [0.15, 0.2) is 5.82 Å². The molecular weight excluding hydrogens is 372 g/mol. The van der Waals surface area contributed by atoms with Crippen LogP contribution in [0.5, 0.6) is 0 Å². The lowest BCUT2D eigenvalue weighted by Crippen LogP contribution is -2.51. The predicted molar refractivity (Wildman–Crippen MR) is 119 cm³/mol. The van der Waals surface area contributed by atoms with Crippen LogP contribution in [-0.2, 0) is 12.0 Å². The average Bonchev–Trinajstić information content (AvgIpc) is 3.18. The van der Waals surface area contributed by atoms with Gasteiger partial charge in [-0.05, 0) is 43.9 Å². The Morgan fingerprint density at radius 2 is 1.80 bits per heavy atom. The highest BCUT2D eigenvalue weighted by atomic mass is 16.3. The Labute approximate surface area is 178 Å². The molecule has 0 spiro atoms. The Hall–Kier alpha value is -2.76. The lowest BCUT2D eigenvalue weighted by Gasteiger charge is -2.44. The summed E-state index contributed by atoms with van der Waals surface area (Å²) in [6.07, 6.45) is 4.29. The van der Waals surface area contributed by atoms with Gasteiger partial charge >= 0.3 is 0 Å². The van der Waals surface area contributed by atoms with E-state index in [2.05, 4.69) is 52.0 Å². The van der Waals surface area contributed by atoms with Gasteiger partial charge in [0.05, 0.1) is 0 Å². The molecular formula is C25H30N4O. The van der Waals surface area contributed by atoms with Crippen LogP contribution < -0.4 is 0 Å². The van der Waals surface area contributed by atoms with Crippen molar-refractivity contribution in [1.29, 1.82) is 0 Å². The van der Waals surface area contributed by atoms with Crippen LogP contribution in [0.15, 0.2) is 73.3 Å². The maximum absolute atomic E-state index is 11.9. The van der Waals surface area contributed by atoms with Crippen molar-refractivity contribution in [2.45, 2.75) is 31.8 Å². The van der Waals surface area contributed by atoms with Gasteiger partial charge in [-0.1, -0.05) is 54.6 Å². The number of allylic oxidation sites excluding steroid dienone is 1. The second kappa shape index (κ2) is 8.94. The molecule has 2 atom stereocenters. The van der Waals surface area contributed by atoms with E-state index in [1.807, 2.05) is 47.9 Å². The molecule has 5 heteroatoms. The van der Waals surface area contributed by atoms with Gasteiger partial charge < -0.3 is 10.0 Å². The fraction of sp³-hybridized carbons (Fsp3) is 0.360. The van der Waals surface area contributed by atoms with Crippen molar-refractivity contribution in [3.05, 3.63) is 90.5 Å². The van der Waals surface area contributed by atoms with Crippen LogP contribution in [0.4, 0.5) is 0 Å². The predicted octanol–water partition coefficient (Wildman–Crippen LogP) is 3.90. The summed E-state index contributed by atoms with van der Waals surface area (Å²) in [6, 6.07) is 20.6. The summed E-state index contributed by atoms with van der Waals surface area (Å²) in [5.74, 6) is 1.44. The van der Waals surface area contributed by atoms with E-state index < -0.39 is 5.60 Å². The van der Waals surface area contributed by atoms with E-state index in [-0.39, 0.29) is 5.92 Å². The SMILES string of the molecule is C=CCC1CN(CCc2ccccc2)CCC1(O)c1nnc(C)n1-c1ccccc1. The number of hydrogen-bond acceptors (Lipinski definition) is 4. The second-order valence-electron chi connectivity index (χ2n) is 8.17. The minimum absolute atomic E-state index is 0.0191. The number of rotatable bonds is 7. The summed E-state index contributed by atoms with van der Waals surface area (Å²) >= 11 is 0. The van der Waals surface area contributed by atoms with Crippen molar-refractivity contribution >= 4 is 0 Å². The van der Waals surface area contributed by atoms with E-state index in [1.165, 1.54) is 5.56 Å². The minimum Gasteiger partial charge on any atom is -0.381 e. The molecule has 1 fully saturated rings. The number of benzene rings is 2. The normalized spacial score (nSPS) is 22.1. The Morgan fingerprint density at radius 3 is 2.50 bits per heavy atom. The first-order valence-corrected chi connectivity index (χ1v) is 10.7. The maximum Gasteiger partial charge on any atom is 0.170 e. The first kappa shape index (κ1) is 20.5. The third kappa shape index (κ3) is 4.09. The lowest BCUT2D eigenvalue weighted by atomic mass is 9.78. The molecule has 2 aromatic carbocycles. The summed E-state index contributed by atoms with van der Waals surface area (Å²) in [5.41, 5.74) is 1.29. The van der Waals surface area contributed by atoms with Crippen LogP contribution in [0.25, 0.3) is 5.69 Å². The number of aryl methyl sites for hydroxylation is 1. The molecule has 0 amide bonds. The molecule has 1 aliphatic rings. The van der Waals surface area contributed by atoms with Crippen molar-refractivity contribution in [2.75, 3.05) is 19.6 Å². The number of hydrogen-bond donors (Lipinski definition) is 1. The molecule has 2 heterocycles. The molecule has 0 saturated carbocycles. The van der Waals surface area contributed by atoms with Crippen LogP contribution in [-0.4, -0.2) is 44.4 Å². The fourth-order valence-corrected chi connectivity index (χ4v) is 4.52. The third-order valence-electron chi connectivity index (χ3n) is 6.20. The number of nitrogens with zero attached hydrogens (tertiary/aromatic N) is 4. The van der Waals surface area contributed by atoms with Gasteiger partial charge in [-0.15, -0.1) is 16.8 Å². The minimum atomic E-state index is -1.03. The molecule has 1 aliphatic heterocycles. The summed E-state index contributed by atoms with van der Waals surface area (Å²) in [7, 11) is 0. The van der Waals surface area contributed by atoms with Gasteiger partial charge in [-0.3, -0.25) is 4.57 Å². The van der Waals surface area contributed by atoms with Crippen molar-refractivity contribution in [1.82, 2.24) is 19.7 Å². The Balaban J connectivity index is 1.57. The van der Waals surface area contributed by atoms with Crippen LogP contribution >= 0.6 is 0 Å². The van der Waals surface area contributed by atoms with Crippen molar-refractivity contribution in [3.8, 4) is 5.69 Å². The van der Waals surface area contributed by atoms with Gasteiger partial charge in [0.1, 0.15) is 11.4 Å². The number of piperidine rings is 1. The molecule has 30 heavy (non-hydrogen) atoms. The van der Waals surface area contributed by atoms with Crippen LogP contribution in [0, 0.1) is 12.8 Å². The van der Waals surface area contributed by atoms with E-state index in [1.54, 1.807) is 0 Å². The van der Waals surface area contributed by atoms with E-state index >= 15 is 0 Å². The van der Waals surface area contributed by atoms with E-state index in [9.17, 15) is 5.11 Å². The number of para-hydroxylation sites is 1. The standard InChI is InChI=1S/C25H30N4O/c1-3-10-22-19-28(17-15-21-11-6-4-7-12-21)18-16-25(22,30)24-27-26-20(2)29(24)23-13-8-5-9-14-23/h3-9,11-14,22,30H,1,10,15-19H2,2H3. The smallest absolute Gasteiger partial charge is 0.170 e. The molecule has 156 valence electrons. The average molecular weight is 403 g/mol. The molecule has 0 radical (unpaired) electrons. The molecule has 1 aromatic heterocycles. The Kier molecular flexibility index (Phi) is 6.11. The third-order valence-corrected chi connectivity index (χ3v) is 6.20. The molecule has 3 aromatic rings. The quantitative estimate of drug-likeness (QED) is 0.609. The molecule has 1 saturated heterocycles. The summed E-state index contributed by atoms with van der Waals surface area (Å²) in [5, 5.41) is 20.7. The van der Waals surface area contributed by atoms with Gasteiger partial charge in [0, 0.05) is 31.2 Å². The maximum atomic E-state index is 11.9.